The van der Waals surface area contributed by atoms with Gasteiger partial charge in [0.05, 0.1) is 0 Å². The highest BCUT2D eigenvalue weighted by Crippen LogP contribution is 2.16. The van der Waals surface area contributed by atoms with Gasteiger partial charge < -0.3 is 0 Å². The molecule has 0 aliphatic heterocycles. The monoisotopic (exact) mass is 236 g/mol. The Balaban J connectivity index is 2.91. The van der Waals surface area contributed by atoms with E-state index in [9.17, 15) is 0 Å². The van der Waals surface area contributed by atoms with Crippen LogP contribution >= 0.6 is 46.4 Å². The average molecular weight is 238 g/mol. The summed E-state index contributed by atoms with van der Waals surface area (Å²) in [5.74, 6) is 0. The van der Waals surface area contributed by atoms with Crippen LogP contribution in [0.5, 0.6) is 0 Å². The molecule has 4 heteroatoms. The summed E-state index contributed by atoms with van der Waals surface area (Å²) in [4.78, 5) is -0.449. The molecule has 0 saturated carbocycles. The number of alkyl halides is 4. The van der Waals surface area contributed by atoms with E-state index in [-0.39, 0.29) is 9.67 Å². The molecule has 0 nitrogen and oxygen atoms in total. The Bertz CT molecular complexity index is 72.5. The Labute approximate surface area is 88.1 Å². The fourth-order valence-corrected chi connectivity index (χ4v) is 1.39. The van der Waals surface area contributed by atoms with Crippen LogP contribution in [0.25, 0.3) is 0 Å². The maximum Gasteiger partial charge on any atom is 0.107 e. The summed E-state index contributed by atoms with van der Waals surface area (Å²) in [6.45, 7) is 0. The minimum absolute atomic E-state index is 0.224. The van der Waals surface area contributed by atoms with Gasteiger partial charge in [0.25, 0.3) is 0 Å². The summed E-state index contributed by atoms with van der Waals surface area (Å²) in [6.07, 6.45) is 4.93. The van der Waals surface area contributed by atoms with E-state index in [1.54, 1.807) is 0 Å². The third kappa shape index (κ3) is 11.2. The van der Waals surface area contributed by atoms with Crippen molar-refractivity contribution in [3.8, 4) is 0 Å². The standard InChI is InChI=1S/C7H12Cl4/c8-6(9)4-2-1-3-5-7(10)11/h6-7H,1-5H2. The third-order valence-corrected chi connectivity index (χ3v) is 2.22. The topological polar surface area (TPSA) is 0 Å². The summed E-state index contributed by atoms with van der Waals surface area (Å²) < 4.78 is 0. The molecule has 0 rings (SSSR count). The number of hydrogen-bond donors (Lipinski definition) is 0. The molecule has 0 heterocycles. The van der Waals surface area contributed by atoms with Gasteiger partial charge in [0, 0.05) is 0 Å². The lowest BCUT2D eigenvalue weighted by Crippen LogP contribution is -1.89. The summed E-state index contributed by atoms with van der Waals surface area (Å²) in [7, 11) is 0. The van der Waals surface area contributed by atoms with Crippen molar-refractivity contribution < 1.29 is 0 Å². The Morgan fingerprint density at radius 2 is 1.00 bits per heavy atom. The van der Waals surface area contributed by atoms with Crippen molar-refractivity contribution in [1.82, 2.24) is 0 Å². The van der Waals surface area contributed by atoms with Crippen molar-refractivity contribution in [3.63, 3.8) is 0 Å². The van der Waals surface area contributed by atoms with Crippen LogP contribution in [0.15, 0.2) is 0 Å². The number of halogens is 4. The van der Waals surface area contributed by atoms with Gasteiger partial charge in [-0.1, -0.05) is 19.3 Å². The van der Waals surface area contributed by atoms with Crippen molar-refractivity contribution >= 4 is 46.4 Å². The summed E-state index contributed by atoms with van der Waals surface area (Å²) in [5, 5.41) is 0. The van der Waals surface area contributed by atoms with E-state index in [1.807, 2.05) is 0 Å². The van der Waals surface area contributed by atoms with Gasteiger partial charge in [-0.15, -0.1) is 46.4 Å². The van der Waals surface area contributed by atoms with Gasteiger partial charge in [0.2, 0.25) is 0 Å². The predicted octanol–water partition coefficient (Wildman–Crippen LogP) is 4.54. The zero-order valence-corrected chi connectivity index (χ0v) is 9.23. The highest BCUT2D eigenvalue weighted by atomic mass is 35.5. The van der Waals surface area contributed by atoms with E-state index in [0.717, 1.165) is 32.1 Å². The second-order valence-electron chi connectivity index (χ2n) is 2.42. The first-order chi connectivity index (χ1) is 5.13. The minimum Gasteiger partial charge on any atom is -0.105 e. The van der Waals surface area contributed by atoms with E-state index >= 15 is 0 Å². The van der Waals surface area contributed by atoms with Gasteiger partial charge in [-0.2, -0.15) is 0 Å². The van der Waals surface area contributed by atoms with Crippen LogP contribution in [0.2, 0.25) is 0 Å². The summed E-state index contributed by atoms with van der Waals surface area (Å²) >= 11 is 22.1. The lowest BCUT2D eigenvalue weighted by Gasteiger charge is -2.01. The largest absolute Gasteiger partial charge is 0.107 e. The smallest absolute Gasteiger partial charge is 0.105 e. The molecule has 0 aliphatic carbocycles. The second-order valence-corrected chi connectivity index (χ2v) is 4.97. The number of hydrogen-bond acceptors (Lipinski definition) is 0. The van der Waals surface area contributed by atoms with Crippen LogP contribution in [-0.4, -0.2) is 9.67 Å². The lowest BCUT2D eigenvalue weighted by molar-refractivity contribution is 0.644. The summed E-state index contributed by atoms with van der Waals surface area (Å²) in [6, 6.07) is 0. The van der Waals surface area contributed by atoms with E-state index in [0.29, 0.717) is 0 Å². The zero-order valence-electron chi connectivity index (χ0n) is 6.20. The first kappa shape index (κ1) is 12.2. The molecule has 0 saturated heterocycles. The SMILES string of the molecule is ClC(Cl)CCCCCC(Cl)Cl. The molecule has 11 heavy (non-hydrogen) atoms. The Morgan fingerprint density at radius 3 is 1.27 bits per heavy atom. The van der Waals surface area contributed by atoms with Gasteiger partial charge in [0.15, 0.2) is 0 Å². The van der Waals surface area contributed by atoms with E-state index in [2.05, 4.69) is 0 Å². The molecular weight excluding hydrogens is 226 g/mol. The lowest BCUT2D eigenvalue weighted by atomic mass is 10.2. The highest BCUT2D eigenvalue weighted by Gasteiger charge is 2.00. The molecule has 0 atom stereocenters. The van der Waals surface area contributed by atoms with Gasteiger partial charge in [0.1, 0.15) is 9.67 Å². The van der Waals surface area contributed by atoms with Crippen molar-refractivity contribution in [2.24, 2.45) is 0 Å². The molecule has 0 unspecified atom stereocenters. The Hall–Kier alpha value is 1.16. The molecule has 0 amide bonds. The molecule has 0 aromatic heterocycles. The van der Waals surface area contributed by atoms with Crippen molar-refractivity contribution in [2.45, 2.75) is 41.8 Å². The van der Waals surface area contributed by atoms with Gasteiger partial charge >= 0.3 is 0 Å². The van der Waals surface area contributed by atoms with Gasteiger partial charge in [-0.25, -0.2) is 0 Å². The molecule has 0 aromatic carbocycles. The van der Waals surface area contributed by atoms with Crippen LogP contribution < -0.4 is 0 Å². The fourth-order valence-electron chi connectivity index (χ4n) is 0.774. The molecule has 0 aromatic rings. The third-order valence-electron chi connectivity index (χ3n) is 1.34. The fraction of sp³-hybridized carbons (Fsp3) is 1.00. The first-order valence-corrected chi connectivity index (χ1v) is 5.44. The second kappa shape index (κ2) is 7.79. The molecule has 68 valence electrons. The molecule has 0 spiro atoms. The minimum atomic E-state index is -0.224. The van der Waals surface area contributed by atoms with Crippen molar-refractivity contribution in [3.05, 3.63) is 0 Å². The van der Waals surface area contributed by atoms with Crippen LogP contribution in [0, 0.1) is 0 Å². The van der Waals surface area contributed by atoms with E-state index < -0.39 is 0 Å². The van der Waals surface area contributed by atoms with E-state index in [1.165, 1.54) is 0 Å². The normalized spacial score (nSPS) is 11.5. The van der Waals surface area contributed by atoms with E-state index in [4.69, 9.17) is 46.4 Å². The molecular formula is C7H12Cl4. The van der Waals surface area contributed by atoms with Gasteiger partial charge in [-0.3, -0.25) is 0 Å². The molecule has 0 N–H and O–H groups in total. The molecule has 0 fully saturated rings. The maximum atomic E-state index is 5.53. The van der Waals surface area contributed by atoms with Crippen molar-refractivity contribution in [1.29, 1.82) is 0 Å². The number of rotatable bonds is 6. The van der Waals surface area contributed by atoms with Crippen molar-refractivity contribution in [2.75, 3.05) is 0 Å². The van der Waals surface area contributed by atoms with Crippen LogP contribution in [0.1, 0.15) is 32.1 Å². The quantitative estimate of drug-likeness (QED) is 0.470. The van der Waals surface area contributed by atoms with Crippen LogP contribution in [0.4, 0.5) is 0 Å². The summed E-state index contributed by atoms with van der Waals surface area (Å²) in [5.41, 5.74) is 0. The predicted molar refractivity (Wildman–Crippen MR) is 54.1 cm³/mol. The van der Waals surface area contributed by atoms with Crippen LogP contribution in [0.3, 0.4) is 0 Å². The zero-order chi connectivity index (χ0) is 8.69. The number of unbranched alkanes of at least 4 members (excludes halogenated alkanes) is 2. The molecule has 0 aliphatic rings. The van der Waals surface area contributed by atoms with Crippen LogP contribution in [-0.2, 0) is 0 Å². The maximum absolute atomic E-state index is 5.53. The first-order valence-electron chi connectivity index (χ1n) is 3.69. The molecule has 0 bridgehead atoms. The highest BCUT2D eigenvalue weighted by molar-refractivity contribution is 6.44. The average Bonchev–Trinajstić information content (AvgIpc) is 1.85. The van der Waals surface area contributed by atoms with Gasteiger partial charge in [-0.05, 0) is 12.8 Å². The Morgan fingerprint density at radius 1 is 0.636 bits per heavy atom. The molecule has 0 radical (unpaired) electrons. The Kier molecular flexibility index (Phi) is 8.61.